The Balaban J connectivity index is 1.92. The van der Waals surface area contributed by atoms with Crippen molar-refractivity contribution in [2.75, 3.05) is 17.6 Å². The minimum Gasteiger partial charge on any atom is -0.318 e. The lowest BCUT2D eigenvalue weighted by molar-refractivity contribution is -0.135. The number of thioether (sulfide) groups is 1. The van der Waals surface area contributed by atoms with Crippen molar-refractivity contribution in [2.24, 2.45) is 4.99 Å². The van der Waals surface area contributed by atoms with Gasteiger partial charge in [0.15, 0.2) is 5.17 Å². The number of nitriles is 1. The van der Waals surface area contributed by atoms with E-state index < -0.39 is 11.8 Å². The third kappa shape index (κ3) is 3.56. The molecule has 19 heavy (non-hydrogen) atoms. The maximum atomic E-state index is 11.6. The Morgan fingerprint density at radius 1 is 1.21 bits per heavy atom. The lowest BCUT2D eigenvalue weighted by Gasteiger charge is -2.05. The average molecular weight is 274 g/mol. The van der Waals surface area contributed by atoms with Crippen molar-refractivity contribution in [2.45, 2.75) is 0 Å². The van der Waals surface area contributed by atoms with Gasteiger partial charge in [0.1, 0.15) is 0 Å². The summed E-state index contributed by atoms with van der Waals surface area (Å²) in [6.45, 7) is 0.650. The topological polar surface area (TPSA) is 94.4 Å². The normalized spacial score (nSPS) is 13.3. The first-order valence-electron chi connectivity index (χ1n) is 5.49. The zero-order chi connectivity index (χ0) is 13.7. The van der Waals surface area contributed by atoms with Crippen LogP contribution >= 0.6 is 11.8 Å². The number of aliphatic imine (C=N–C) groups is 1. The number of amides is 2. The molecule has 1 aliphatic heterocycles. The van der Waals surface area contributed by atoms with Crippen molar-refractivity contribution in [1.29, 1.82) is 5.26 Å². The van der Waals surface area contributed by atoms with E-state index in [1.54, 1.807) is 24.3 Å². The Hall–Kier alpha value is -2.33. The van der Waals surface area contributed by atoms with Crippen LogP contribution in [0.2, 0.25) is 0 Å². The van der Waals surface area contributed by atoms with Gasteiger partial charge >= 0.3 is 11.8 Å². The Bertz CT molecular complexity index is 574. The Kier molecular flexibility index (Phi) is 4.15. The van der Waals surface area contributed by atoms with Crippen LogP contribution in [0.15, 0.2) is 29.3 Å². The van der Waals surface area contributed by atoms with Crippen LogP contribution in [0.3, 0.4) is 0 Å². The van der Waals surface area contributed by atoms with Gasteiger partial charge in [0, 0.05) is 11.4 Å². The van der Waals surface area contributed by atoms with Gasteiger partial charge in [-0.05, 0) is 24.3 Å². The first-order valence-corrected chi connectivity index (χ1v) is 6.47. The monoisotopic (exact) mass is 274 g/mol. The van der Waals surface area contributed by atoms with E-state index >= 15 is 0 Å². The molecule has 1 aliphatic rings. The van der Waals surface area contributed by atoms with Crippen molar-refractivity contribution >= 4 is 34.4 Å². The average Bonchev–Trinajstić information content (AvgIpc) is 2.92. The molecule has 2 amide bonds. The highest BCUT2D eigenvalue weighted by Crippen LogP contribution is 2.10. The van der Waals surface area contributed by atoms with Crippen LogP contribution in [-0.4, -0.2) is 29.3 Å². The second-order valence-corrected chi connectivity index (χ2v) is 4.72. The van der Waals surface area contributed by atoms with E-state index in [0.29, 0.717) is 23.0 Å². The summed E-state index contributed by atoms with van der Waals surface area (Å²) < 4.78 is 0. The van der Waals surface area contributed by atoms with Crippen LogP contribution in [0, 0.1) is 11.3 Å². The molecule has 0 aromatic heterocycles. The number of rotatable bonds is 1. The van der Waals surface area contributed by atoms with Gasteiger partial charge in [0.2, 0.25) is 0 Å². The number of benzene rings is 1. The molecule has 0 radical (unpaired) electrons. The van der Waals surface area contributed by atoms with Crippen LogP contribution in [0.1, 0.15) is 5.56 Å². The molecule has 0 saturated carbocycles. The highest BCUT2D eigenvalue weighted by atomic mass is 32.2. The van der Waals surface area contributed by atoms with Crippen molar-refractivity contribution in [3.63, 3.8) is 0 Å². The van der Waals surface area contributed by atoms with Gasteiger partial charge in [0.25, 0.3) is 0 Å². The third-order valence-electron chi connectivity index (χ3n) is 2.28. The minimum absolute atomic E-state index is 0.458. The SMILES string of the molecule is N#Cc1ccc(NC(=O)C(=O)NC2=NCCS2)cc1. The Morgan fingerprint density at radius 3 is 2.47 bits per heavy atom. The lowest BCUT2D eigenvalue weighted by Crippen LogP contribution is -2.37. The van der Waals surface area contributed by atoms with E-state index in [4.69, 9.17) is 5.26 Å². The molecule has 0 atom stereocenters. The third-order valence-corrected chi connectivity index (χ3v) is 3.18. The zero-order valence-corrected chi connectivity index (χ0v) is 10.7. The molecular formula is C12H10N4O2S. The number of carbonyl (C=O) groups excluding carboxylic acids is 2. The smallest absolute Gasteiger partial charge is 0.315 e. The number of carbonyl (C=O) groups is 2. The van der Waals surface area contributed by atoms with Gasteiger partial charge in [-0.25, -0.2) is 0 Å². The molecular weight excluding hydrogens is 264 g/mol. The Morgan fingerprint density at radius 2 is 1.89 bits per heavy atom. The van der Waals surface area contributed by atoms with Crippen LogP contribution in [-0.2, 0) is 9.59 Å². The molecule has 0 bridgehead atoms. The fourth-order valence-corrected chi connectivity index (χ4v) is 2.10. The van der Waals surface area contributed by atoms with E-state index in [1.165, 1.54) is 11.8 Å². The minimum atomic E-state index is -0.764. The van der Waals surface area contributed by atoms with Crippen molar-refractivity contribution in [1.82, 2.24) is 5.32 Å². The van der Waals surface area contributed by atoms with Crippen molar-refractivity contribution < 1.29 is 9.59 Å². The zero-order valence-electron chi connectivity index (χ0n) is 9.84. The molecule has 0 aliphatic carbocycles. The maximum Gasteiger partial charge on any atom is 0.315 e. The van der Waals surface area contributed by atoms with Crippen LogP contribution in [0.25, 0.3) is 0 Å². The number of amidine groups is 1. The summed E-state index contributed by atoms with van der Waals surface area (Å²) in [5.74, 6) is -0.704. The summed E-state index contributed by atoms with van der Waals surface area (Å²) in [7, 11) is 0. The number of hydrogen-bond donors (Lipinski definition) is 2. The summed E-state index contributed by atoms with van der Waals surface area (Å²) >= 11 is 1.40. The molecule has 0 fully saturated rings. The molecule has 2 N–H and O–H groups in total. The van der Waals surface area contributed by atoms with E-state index in [9.17, 15) is 9.59 Å². The second kappa shape index (κ2) is 6.02. The van der Waals surface area contributed by atoms with Gasteiger partial charge < -0.3 is 5.32 Å². The number of nitrogens with one attached hydrogen (secondary N) is 2. The standard InChI is InChI=1S/C12H10N4O2S/c13-7-8-1-3-9(4-2-8)15-10(17)11(18)16-12-14-5-6-19-12/h1-4H,5-6H2,(H,15,17)(H,14,16,18). The van der Waals surface area contributed by atoms with Gasteiger partial charge in [-0.3, -0.25) is 19.9 Å². The van der Waals surface area contributed by atoms with Gasteiger partial charge in [0.05, 0.1) is 18.2 Å². The van der Waals surface area contributed by atoms with Gasteiger partial charge in [-0.1, -0.05) is 11.8 Å². The van der Waals surface area contributed by atoms with Crippen molar-refractivity contribution in [3.05, 3.63) is 29.8 Å². The summed E-state index contributed by atoms with van der Waals surface area (Å²) in [5, 5.41) is 14.0. The molecule has 0 saturated heterocycles. The molecule has 0 spiro atoms. The number of nitrogens with zero attached hydrogens (tertiary/aromatic N) is 2. The van der Waals surface area contributed by atoms with Crippen LogP contribution in [0.5, 0.6) is 0 Å². The first-order chi connectivity index (χ1) is 9.19. The Labute approximate surface area is 113 Å². The molecule has 1 aromatic rings. The molecule has 7 heteroatoms. The quantitative estimate of drug-likeness (QED) is 0.738. The van der Waals surface area contributed by atoms with E-state index in [-0.39, 0.29) is 0 Å². The van der Waals surface area contributed by atoms with Gasteiger partial charge in [-0.15, -0.1) is 0 Å². The van der Waals surface area contributed by atoms with Crippen LogP contribution < -0.4 is 10.6 Å². The fourth-order valence-electron chi connectivity index (χ4n) is 1.38. The molecule has 96 valence electrons. The summed E-state index contributed by atoms with van der Waals surface area (Å²) in [5.41, 5.74) is 0.944. The predicted octanol–water partition coefficient (Wildman–Crippen LogP) is 0.716. The molecule has 6 nitrogen and oxygen atoms in total. The molecule has 2 rings (SSSR count). The second-order valence-electron chi connectivity index (χ2n) is 3.63. The largest absolute Gasteiger partial charge is 0.318 e. The highest BCUT2D eigenvalue weighted by Gasteiger charge is 2.17. The molecule has 1 aromatic carbocycles. The molecule has 0 unspecified atom stereocenters. The summed E-state index contributed by atoms with van der Waals surface area (Å²) in [6.07, 6.45) is 0. The maximum absolute atomic E-state index is 11.6. The lowest BCUT2D eigenvalue weighted by atomic mass is 10.2. The summed E-state index contributed by atoms with van der Waals surface area (Å²) in [4.78, 5) is 27.2. The first kappa shape index (κ1) is 13.1. The predicted molar refractivity (Wildman–Crippen MR) is 72.7 cm³/mol. The number of hydrogen-bond acceptors (Lipinski definition) is 5. The summed E-state index contributed by atoms with van der Waals surface area (Å²) in [6, 6.07) is 8.21. The van der Waals surface area contributed by atoms with E-state index in [1.807, 2.05) is 6.07 Å². The van der Waals surface area contributed by atoms with Crippen LogP contribution in [0.4, 0.5) is 5.69 Å². The molecule has 1 heterocycles. The van der Waals surface area contributed by atoms with Crippen molar-refractivity contribution in [3.8, 4) is 6.07 Å². The van der Waals surface area contributed by atoms with Gasteiger partial charge in [-0.2, -0.15) is 5.26 Å². The van der Waals surface area contributed by atoms with E-state index in [0.717, 1.165) is 5.75 Å². The number of anilines is 1. The fraction of sp³-hybridized carbons (Fsp3) is 0.167. The van der Waals surface area contributed by atoms with E-state index in [2.05, 4.69) is 15.6 Å². The highest BCUT2D eigenvalue weighted by molar-refractivity contribution is 8.14.